The SMILES string of the molecule is CC(C)(C)c1nc(C(=O)NCc2ccc(-c3ccnc(NC(=O)C4CC4)c3)cc2C2CCC2)no1. The molecule has 2 aliphatic rings. The van der Waals surface area contributed by atoms with E-state index >= 15 is 0 Å². The minimum Gasteiger partial charge on any atom is -0.345 e. The second kappa shape index (κ2) is 9.24. The van der Waals surface area contributed by atoms with Gasteiger partial charge in [0.05, 0.1) is 0 Å². The number of hydrogen-bond acceptors (Lipinski definition) is 6. The van der Waals surface area contributed by atoms with Crippen molar-refractivity contribution in [2.45, 2.75) is 70.8 Å². The van der Waals surface area contributed by atoms with Crippen LogP contribution in [0.2, 0.25) is 0 Å². The summed E-state index contributed by atoms with van der Waals surface area (Å²) in [6.07, 6.45) is 7.14. The third kappa shape index (κ3) is 5.26. The molecule has 35 heavy (non-hydrogen) atoms. The van der Waals surface area contributed by atoms with Crippen LogP contribution in [0.5, 0.6) is 0 Å². The molecule has 0 aliphatic heterocycles. The largest absolute Gasteiger partial charge is 0.345 e. The molecule has 0 radical (unpaired) electrons. The second-order valence-corrected chi connectivity index (χ2v) is 10.6. The summed E-state index contributed by atoms with van der Waals surface area (Å²) in [6, 6.07) is 10.2. The van der Waals surface area contributed by atoms with Crippen molar-refractivity contribution in [3.05, 3.63) is 59.4 Å². The van der Waals surface area contributed by atoms with Crippen LogP contribution in [0, 0.1) is 5.92 Å². The number of carbonyl (C=O) groups excluding carboxylic acids is 2. The van der Waals surface area contributed by atoms with Crippen LogP contribution in [-0.4, -0.2) is 26.9 Å². The zero-order valence-corrected chi connectivity index (χ0v) is 20.4. The fourth-order valence-electron chi connectivity index (χ4n) is 4.16. The first-order valence-electron chi connectivity index (χ1n) is 12.3. The molecule has 2 heterocycles. The Balaban J connectivity index is 1.33. The number of anilines is 1. The van der Waals surface area contributed by atoms with Gasteiger partial charge < -0.3 is 15.2 Å². The summed E-state index contributed by atoms with van der Waals surface area (Å²) in [5.41, 5.74) is 4.09. The number of aromatic nitrogens is 3. The van der Waals surface area contributed by atoms with Gasteiger partial charge in [-0.15, -0.1) is 0 Å². The average molecular weight is 474 g/mol. The van der Waals surface area contributed by atoms with Gasteiger partial charge in [0.1, 0.15) is 5.82 Å². The van der Waals surface area contributed by atoms with Gasteiger partial charge in [-0.2, -0.15) is 4.98 Å². The number of hydrogen-bond donors (Lipinski definition) is 2. The van der Waals surface area contributed by atoms with Crippen molar-refractivity contribution in [3.63, 3.8) is 0 Å². The summed E-state index contributed by atoms with van der Waals surface area (Å²) < 4.78 is 5.25. The van der Waals surface area contributed by atoms with E-state index in [1.165, 1.54) is 12.0 Å². The summed E-state index contributed by atoms with van der Waals surface area (Å²) in [5.74, 6) is 1.38. The Labute approximate surface area is 204 Å². The second-order valence-electron chi connectivity index (χ2n) is 10.6. The van der Waals surface area contributed by atoms with Gasteiger partial charge in [-0.1, -0.05) is 50.5 Å². The number of carbonyl (C=O) groups is 2. The van der Waals surface area contributed by atoms with E-state index in [2.05, 4.69) is 44.0 Å². The molecule has 2 aliphatic carbocycles. The maximum absolute atomic E-state index is 12.7. The van der Waals surface area contributed by atoms with E-state index in [0.717, 1.165) is 42.4 Å². The molecule has 5 rings (SSSR count). The molecule has 8 nitrogen and oxygen atoms in total. The van der Waals surface area contributed by atoms with Gasteiger partial charge in [0.2, 0.25) is 11.8 Å². The molecule has 0 atom stereocenters. The highest BCUT2D eigenvalue weighted by molar-refractivity contribution is 5.93. The minimum atomic E-state index is -0.349. The van der Waals surface area contributed by atoms with E-state index in [1.807, 2.05) is 32.9 Å². The van der Waals surface area contributed by atoms with Crippen molar-refractivity contribution < 1.29 is 14.1 Å². The zero-order chi connectivity index (χ0) is 24.6. The predicted octanol–water partition coefficient (Wildman–Crippen LogP) is 4.98. The molecule has 2 N–H and O–H groups in total. The zero-order valence-electron chi connectivity index (χ0n) is 20.4. The van der Waals surface area contributed by atoms with Crippen molar-refractivity contribution in [2.24, 2.45) is 5.92 Å². The predicted molar refractivity (Wildman–Crippen MR) is 132 cm³/mol. The lowest BCUT2D eigenvalue weighted by atomic mass is 9.77. The summed E-state index contributed by atoms with van der Waals surface area (Å²) in [4.78, 5) is 33.4. The van der Waals surface area contributed by atoms with Gasteiger partial charge >= 0.3 is 0 Å². The normalized spacial score (nSPS) is 16.0. The van der Waals surface area contributed by atoms with Crippen molar-refractivity contribution in [1.82, 2.24) is 20.4 Å². The van der Waals surface area contributed by atoms with E-state index in [-0.39, 0.29) is 29.0 Å². The van der Waals surface area contributed by atoms with Crippen LogP contribution in [0.15, 0.2) is 41.1 Å². The Kier molecular flexibility index (Phi) is 6.13. The molecule has 182 valence electrons. The summed E-state index contributed by atoms with van der Waals surface area (Å²) in [7, 11) is 0. The number of pyridine rings is 1. The molecular weight excluding hydrogens is 442 g/mol. The minimum absolute atomic E-state index is 0.0483. The molecule has 0 unspecified atom stereocenters. The van der Waals surface area contributed by atoms with Crippen molar-refractivity contribution in [1.29, 1.82) is 0 Å². The third-order valence-electron chi connectivity index (χ3n) is 6.69. The van der Waals surface area contributed by atoms with Crippen LogP contribution in [0.25, 0.3) is 11.1 Å². The van der Waals surface area contributed by atoms with E-state index in [1.54, 1.807) is 6.20 Å². The van der Waals surface area contributed by atoms with Crippen LogP contribution in [0.3, 0.4) is 0 Å². The van der Waals surface area contributed by atoms with Crippen LogP contribution in [0.1, 0.15) is 86.4 Å². The Morgan fingerprint density at radius 2 is 1.83 bits per heavy atom. The van der Waals surface area contributed by atoms with Crippen LogP contribution >= 0.6 is 0 Å². The van der Waals surface area contributed by atoms with E-state index < -0.39 is 0 Å². The molecule has 2 amide bonds. The van der Waals surface area contributed by atoms with Crippen LogP contribution < -0.4 is 10.6 Å². The number of nitrogens with zero attached hydrogens (tertiary/aromatic N) is 3. The lowest BCUT2D eigenvalue weighted by molar-refractivity contribution is -0.117. The lowest BCUT2D eigenvalue weighted by Crippen LogP contribution is -2.25. The molecule has 0 saturated heterocycles. The van der Waals surface area contributed by atoms with Crippen molar-refractivity contribution in [3.8, 4) is 11.1 Å². The number of benzene rings is 1. The number of rotatable bonds is 7. The molecule has 3 aromatic rings. The monoisotopic (exact) mass is 473 g/mol. The Morgan fingerprint density at radius 3 is 2.49 bits per heavy atom. The first kappa shape index (κ1) is 23.2. The molecule has 1 aromatic carbocycles. The van der Waals surface area contributed by atoms with Gasteiger partial charge in [-0.25, -0.2) is 4.98 Å². The average Bonchev–Trinajstić information content (AvgIpc) is 3.52. The summed E-state index contributed by atoms with van der Waals surface area (Å²) in [6.45, 7) is 6.27. The number of nitrogens with one attached hydrogen (secondary N) is 2. The summed E-state index contributed by atoms with van der Waals surface area (Å²) in [5, 5.41) is 9.72. The van der Waals surface area contributed by atoms with Gasteiger partial charge in [0.15, 0.2) is 0 Å². The molecule has 0 bridgehead atoms. The highest BCUT2D eigenvalue weighted by Gasteiger charge is 2.30. The number of amides is 2. The quantitative estimate of drug-likeness (QED) is 0.501. The topological polar surface area (TPSA) is 110 Å². The molecule has 2 aromatic heterocycles. The van der Waals surface area contributed by atoms with Gasteiger partial charge in [-0.3, -0.25) is 9.59 Å². The van der Waals surface area contributed by atoms with Crippen molar-refractivity contribution in [2.75, 3.05) is 5.32 Å². The Hall–Kier alpha value is -3.55. The van der Waals surface area contributed by atoms with Gasteiger partial charge in [0.25, 0.3) is 11.7 Å². The lowest BCUT2D eigenvalue weighted by Gasteiger charge is -2.28. The molecule has 2 saturated carbocycles. The Morgan fingerprint density at radius 1 is 1.06 bits per heavy atom. The molecule has 0 spiro atoms. The Bertz CT molecular complexity index is 1250. The maximum atomic E-state index is 12.7. The highest BCUT2D eigenvalue weighted by Crippen LogP contribution is 2.40. The fourth-order valence-corrected chi connectivity index (χ4v) is 4.16. The molecule has 2 fully saturated rings. The molecular formula is C27H31N5O3. The molecule has 8 heteroatoms. The highest BCUT2D eigenvalue weighted by atomic mass is 16.5. The van der Waals surface area contributed by atoms with Gasteiger partial charge in [-0.05, 0) is 66.0 Å². The van der Waals surface area contributed by atoms with Crippen LogP contribution in [0.4, 0.5) is 5.82 Å². The van der Waals surface area contributed by atoms with E-state index in [4.69, 9.17) is 4.52 Å². The maximum Gasteiger partial charge on any atom is 0.292 e. The van der Waals surface area contributed by atoms with Crippen LogP contribution in [-0.2, 0) is 16.8 Å². The van der Waals surface area contributed by atoms with Crippen molar-refractivity contribution >= 4 is 17.6 Å². The van der Waals surface area contributed by atoms with Gasteiger partial charge in [0, 0.05) is 24.1 Å². The standard InChI is InChI=1S/C27H31N5O3/c1-27(2,3)26-31-23(32-35-26)25(34)29-15-20-10-9-18(13-21(20)16-5-4-6-16)19-11-12-28-22(14-19)30-24(33)17-7-8-17/h9-14,16-17H,4-8,15H2,1-3H3,(H,29,34)(H,28,30,33). The third-order valence-corrected chi connectivity index (χ3v) is 6.69. The smallest absolute Gasteiger partial charge is 0.292 e. The summed E-state index contributed by atoms with van der Waals surface area (Å²) >= 11 is 0. The first-order valence-corrected chi connectivity index (χ1v) is 12.3. The first-order chi connectivity index (χ1) is 16.8. The van der Waals surface area contributed by atoms with E-state index in [9.17, 15) is 9.59 Å². The fraction of sp³-hybridized carbons (Fsp3) is 0.444. The van der Waals surface area contributed by atoms with E-state index in [0.29, 0.717) is 24.2 Å².